The van der Waals surface area contributed by atoms with Gasteiger partial charge in [-0.15, -0.1) is 0 Å². The van der Waals surface area contributed by atoms with Crippen LogP contribution in [0.5, 0.6) is 0 Å². The fourth-order valence-electron chi connectivity index (χ4n) is 2.13. The molecule has 2 aromatic rings. The maximum Gasteiger partial charge on any atom is 0.338 e. The van der Waals surface area contributed by atoms with Crippen molar-refractivity contribution >= 4 is 27.6 Å². The molecular weight excluding hydrogens is 364 g/mol. The molecule has 0 radical (unpaired) electrons. The summed E-state index contributed by atoms with van der Waals surface area (Å²) in [6.45, 7) is 3.48. The van der Waals surface area contributed by atoms with Crippen molar-refractivity contribution in [2.45, 2.75) is 25.3 Å². The van der Waals surface area contributed by atoms with Crippen LogP contribution in [0.25, 0.3) is 0 Å². The third-order valence-electron chi connectivity index (χ3n) is 3.77. The van der Waals surface area contributed by atoms with E-state index in [-0.39, 0.29) is 17.1 Å². The van der Waals surface area contributed by atoms with E-state index in [1.807, 2.05) is 0 Å². The Morgan fingerprint density at radius 3 is 2.48 bits per heavy atom. The summed E-state index contributed by atoms with van der Waals surface area (Å²) in [6.07, 6.45) is 1.51. The molecule has 0 aliphatic heterocycles. The average molecular weight is 383 g/mol. The zero-order valence-electron chi connectivity index (χ0n) is 14.4. The summed E-state index contributed by atoms with van der Waals surface area (Å²) in [5, 5.41) is 0.350. The average Bonchev–Trinajstić information content (AvgIpc) is 2.56. The summed E-state index contributed by atoms with van der Waals surface area (Å²) < 4.78 is 31.2. The summed E-state index contributed by atoms with van der Waals surface area (Å²) in [5.41, 5.74) is 2.17. The first-order valence-corrected chi connectivity index (χ1v) is 9.26. The Bertz CT molecular complexity index is 894. The smallest absolute Gasteiger partial charge is 0.338 e. The number of benzene rings is 1. The molecule has 0 aliphatic carbocycles. The molecule has 25 heavy (non-hydrogen) atoms. The maximum absolute atomic E-state index is 12.4. The number of rotatable bonds is 5. The molecule has 0 saturated heterocycles. The topological polar surface area (TPSA) is 76.6 Å². The number of nitrogens with zero attached hydrogens (tertiary/aromatic N) is 2. The first-order valence-electron chi connectivity index (χ1n) is 7.44. The van der Waals surface area contributed by atoms with Gasteiger partial charge in [-0.05, 0) is 43.2 Å². The standard InChI is InChI=1S/C17H19ClN2O4S/c1-11-7-14(8-15(12(11)2)25(22,23)20(3)4)17(21)24-10-13-5-6-16(18)19-9-13/h5-9H,10H2,1-4H3. The molecule has 0 unspecified atom stereocenters. The molecule has 0 spiro atoms. The second-order valence-electron chi connectivity index (χ2n) is 5.77. The zero-order valence-corrected chi connectivity index (χ0v) is 16.0. The van der Waals surface area contributed by atoms with Crippen molar-refractivity contribution in [2.75, 3.05) is 14.1 Å². The predicted octanol–water partition coefficient (Wildman–Crippen LogP) is 2.96. The first kappa shape index (κ1) is 19.4. The molecule has 6 nitrogen and oxygen atoms in total. The van der Waals surface area contributed by atoms with E-state index >= 15 is 0 Å². The van der Waals surface area contributed by atoms with Gasteiger partial charge in [0.1, 0.15) is 11.8 Å². The molecule has 8 heteroatoms. The van der Waals surface area contributed by atoms with E-state index in [1.54, 1.807) is 32.0 Å². The number of sulfonamides is 1. The Morgan fingerprint density at radius 1 is 1.24 bits per heavy atom. The number of esters is 1. The quantitative estimate of drug-likeness (QED) is 0.587. The van der Waals surface area contributed by atoms with Crippen LogP contribution >= 0.6 is 11.6 Å². The molecule has 1 aromatic carbocycles. The number of aryl methyl sites for hydroxylation is 1. The van der Waals surface area contributed by atoms with Crippen LogP contribution in [0, 0.1) is 13.8 Å². The predicted molar refractivity (Wildman–Crippen MR) is 95.2 cm³/mol. The van der Waals surface area contributed by atoms with Crippen LogP contribution in [0.1, 0.15) is 27.0 Å². The number of aromatic nitrogens is 1. The number of pyridine rings is 1. The molecule has 0 atom stereocenters. The molecule has 0 amide bonds. The van der Waals surface area contributed by atoms with Crippen LogP contribution in [0.3, 0.4) is 0 Å². The molecule has 2 rings (SSSR count). The van der Waals surface area contributed by atoms with Gasteiger partial charge < -0.3 is 4.74 Å². The fourth-order valence-corrected chi connectivity index (χ4v) is 3.46. The fraction of sp³-hybridized carbons (Fsp3) is 0.294. The third kappa shape index (κ3) is 4.36. The second kappa shape index (κ2) is 7.51. The van der Waals surface area contributed by atoms with Crippen LogP contribution in [-0.4, -0.2) is 37.8 Å². The van der Waals surface area contributed by atoms with Gasteiger partial charge in [-0.1, -0.05) is 17.7 Å². The van der Waals surface area contributed by atoms with Gasteiger partial charge >= 0.3 is 5.97 Å². The monoisotopic (exact) mass is 382 g/mol. The summed E-state index contributed by atoms with van der Waals surface area (Å²) in [5.74, 6) is -0.603. The van der Waals surface area contributed by atoms with E-state index in [0.29, 0.717) is 21.8 Å². The minimum Gasteiger partial charge on any atom is -0.457 e. The lowest BCUT2D eigenvalue weighted by Crippen LogP contribution is -2.24. The number of halogens is 1. The van der Waals surface area contributed by atoms with E-state index in [9.17, 15) is 13.2 Å². The molecular formula is C17H19ClN2O4S. The Labute approximate surface area is 152 Å². The third-order valence-corrected chi connectivity index (χ3v) is 5.94. The lowest BCUT2D eigenvalue weighted by atomic mass is 10.1. The van der Waals surface area contributed by atoms with Crippen LogP contribution in [-0.2, 0) is 21.4 Å². The van der Waals surface area contributed by atoms with Gasteiger partial charge in [0, 0.05) is 25.9 Å². The van der Waals surface area contributed by atoms with E-state index in [0.717, 1.165) is 4.31 Å². The Morgan fingerprint density at radius 2 is 1.92 bits per heavy atom. The van der Waals surface area contributed by atoms with Crippen molar-refractivity contribution < 1.29 is 17.9 Å². The van der Waals surface area contributed by atoms with E-state index in [1.165, 1.54) is 26.4 Å². The normalized spacial score (nSPS) is 11.6. The van der Waals surface area contributed by atoms with Crippen molar-refractivity contribution in [2.24, 2.45) is 0 Å². The van der Waals surface area contributed by atoms with Crippen molar-refractivity contribution in [1.29, 1.82) is 0 Å². The van der Waals surface area contributed by atoms with Crippen molar-refractivity contribution in [1.82, 2.24) is 9.29 Å². The summed E-state index contributed by atoms with van der Waals surface area (Å²) in [4.78, 5) is 16.3. The summed E-state index contributed by atoms with van der Waals surface area (Å²) in [6, 6.07) is 6.26. The van der Waals surface area contributed by atoms with E-state index in [2.05, 4.69) is 4.98 Å². The van der Waals surface area contributed by atoms with E-state index < -0.39 is 16.0 Å². The lowest BCUT2D eigenvalue weighted by Gasteiger charge is -2.16. The molecule has 1 aromatic heterocycles. The highest BCUT2D eigenvalue weighted by molar-refractivity contribution is 7.89. The molecule has 0 N–H and O–H groups in total. The van der Waals surface area contributed by atoms with Crippen molar-refractivity contribution in [3.05, 3.63) is 57.9 Å². The second-order valence-corrected chi connectivity index (χ2v) is 8.28. The minimum atomic E-state index is -3.66. The van der Waals surface area contributed by atoms with Gasteiger partial charge in [0.05, 0.1) is 10.5 Å². The first-order chi connectivity index (χ1) is 11.6. The van der Waals surface area contributed by atoms with E-state index in [4.69, 9.17) is 16.3 Å². The Hall–Kier alpha value is -1.96. The van der Waals surface area contributed by atoms with Gasteiger partial charge in [0.2, 0.25) is 10.0 Å². The highest BCUT2D eigenvalue weighted by atomic mass is 35.5. The van der Waals surface area contributed by atoms with Crippen LogP contribution in [0.2, 0.25) is 5.15 Å². The molecule has 0 aliphatic rings. The van der Waals surface area contributed by atoms with Gasteiger partial charge in [0.15, 0.2) is 0 Å². The molecule has 0 fully saturated rings. The van der Waals surface area contributed by atoms with Crippen LogP contribution < -0.4 is 0 Å². The number of hydrogen-bond donors (Lipinski definition) is 0. The van der Waals surface area contributed by atoms with Gasteiger partial charge in [-0.3, -0.25) is 0 Å². The molecule has 0 saturated carbocycles. The largest absolute Gasteiger partial charge is 0.457 e. The summed E-state index contributed by atoms with van der Waals surface area (Å²) in [7, 11) is -0.763. The summed E-state index contributed by atoms with van der Waals surface area (Å²) >= 11 is 5.71. The van der Waals surface area contributed by atoms with Crippen LogP contribution in [0.15, 0.2) is 35.4 Å². The van der Waals surface area contributed by atoms with Gasteiger partial charge in [-0.2, -0.15) is 0 Å². The highest BCUT2D eigenvalue weighted by Gasteiger charge is 2.23. The molecule has 1 heterocycles. The number of hydrogen-bond acceptors (Lipinski definition) is 5. The van der Waals surface area contributed by atoms with Gasteiger partial charge in [0.25, 0.3) is 0 Å². The van der Waals surface area contributed by atoms with Crippen LogP contribution in [0.4, 0.5) is 0 Å². The number of carbonyl (C=O) groups is 1. The minimum absolute atomic E-state index is 0.0195. The number of ether oxygens (including phenoxy) is 1. The molecule has 0 bridgehead atoms. The van der Waals surface area contributed by atoms with Crippen molar-refractivity contribution in [3.8, 4) is 0 Å². The van der Waals surface area contributed by atoms with Gasteiger partial charge in [-0.25, -0.2) is 22.5 Å². The van der Waals surface area contributed by atoms with Crippen molar-refractivity contribution in [3.63, 3.8) is 0 Å². The SMILES string of the molecule is Cc1cc(C(=O)OCc2ccc(Cl)nc2)cc(S(=O)(=O)N(C)C)c1C. The lowest BCUT2D eigenvalue weighted by molar-refractivity contribution is 0.0472. The Kier molecular flexibility index (Phi) is 5.82. The maximum atomic E-state index is 12.4. The number of carbonyl (C=O) groups excluding carboxylic acids is 1. The Balaban J connectivity index is 2.28. The zero-order chi connectivity index (χ0) is 18.8. The highest BCUT2D eigenvalue weighted by Crippen LogP contribution is 2.24. The molecule has 134 valence electrons.